The first-order valence-electron chi connectivity index (χ1n) is 12.4. The predicted octanol–water partition coefficient (Wildman–Crippen LogP) is 6.21. The molecule has 1 fully saturated rings. The molecule has 6 nitrogen and oxygen atoms in total. The second-order valence-electron chi connectivity index (χ2n) is 9.42. The number of rotatable bonds is 7. The molecule has 0 radical (unpaired) electrons. The molecular weight excluding hydrogens is 510 g/mol. The number of aliphatic carboxylic acids is 1. The van der Waals surface area contributed by atoms with Crippen LogP contribution < -0.4 is 10.2 Å². The molecule has 0 saturated carbocycles. The number of anilines is 2. The minimum atomic E-state index is -0.822. The Morgan fingerprint density at radius 3 is 2.45 bits per heavy atom. The summed E-state index contributed by atoms with van der Waals surface area (Å²) in [7, 11) is 0. The van der Waals surface area contributed by atoms with Crippen LogP contribution in [0.4, 0.5) is 20.2 Å². The Balaban J connectivity index is 1.42. The average Bonchev–Trinajstić information content (AvgIpc) is 2.90. The number of pyridine rings is 1. The van der Waals surface area contributed by atoms with Crippen molar-refractivity contribution < 1.29 is 18.7 Å². The van der Waals surface area contributed by atoms with E-state index >= 15 is 4.39 Å². The third-order valence-electron chi connectivity index (χ3n) is 6.92. The summed E-state index contributed by atoms with van der Waals surface area (Å²) in [5.41, 5.74) is 3.59. The van der Waals surface area contributed by atoms with Gasteiger partial charge in [0.1, 0.15) is 11.6 Å². The maximum absolute atomic E-state index is 15.2. The number of carbonyl (C=O) groups is 1. The molecule has 0 bridgehead atoms. The van der Waals surface area contributed by atoms with E-state index in [1.807, 2.05) is 36.1 Å². The Morgan fingerprint density at radius 1 is 1.05 bits per heavy atom. The van der Waals surface area contributed by atoms with Crippen molar-refractivity contribution in [2.45, 2.75) is 13.0 Å². The number of carboxylic acids is 1. The Bertz CT molecular complexity index is 1470. The van der Waals surface area contributed by atoms with Gasteiger partial charge in [0, 0.05) is 60.6 Å². The molecular formula is C29H27ClF2N4O2. The third-order valence-corrected chi connectivity index (χ3v) is 7.20. The van der Waals surface area contributed by atoms with E-state index in [-0.39, 0.29) is 18.4 Å². The molecule has 9 heteroatoms. The summed E-state index contributed by atoms with van der Waals surface area (Å²) in [6.45, 7) is 4.66. The van der Waals surface area contributed by atoms with Gasteiger partial charge in [0.2, 0.25) is 0 Å². The van der Waals surface area contributed by atoms with Crippen LogP contribution in [0.3, 0.4) is 0 Å². The predicted molar refractivity (Wildman–Crippen MR) is 147 cm³/mol. The normalized spacial score (nSPS) is 15.0. The van der Waals surface area contributed by atoms with Crippen LogP contribution in [0.25, 0.3) is 22.0 Å². The summed E-state index contributed by atoms with van der Waals surface area (Å²) in [6, 6.07) is 16.9. The monoisotopic (exact) mass is 536 g/mol. The van der Waals surface area contributed by atoms with Gasteiger partial charge in [-0.1, -0.05) is 41.9 Å². The smallest absolute Gasteiger partial charge is 0.317 e. The van der Waals surface area contributed by atoms with Crippen molar-refractivity contribution in [3.63, 3.8) is 0 Å². The van der Waals surface area contributed by atoms with Gasteiger partial charge in [-0.2, -0.15) is 0 Å². The highest BCUT2D eigenvalue weighted by Gasteiger charge is 2.20. The number of hydrogen-bond donors (Lipinski definition) is 2. The highest BCUT2D eigenvalue weighted by Crippen LogP contribution is 2.37. The zero-order valence-corrected chi connectivity index (χ0v) is 21.6. The van der Waals surface area contributed by atoms with Crippen molar-refractivity contribution in [2.24, 2.45) is 0 Å². The molecule has 5 rings (SSSR count). The van der Waals surface area contributed by atoms with Crippen LogP contribution >= 0.6 is 11.6 Å². The minimum absolute atomic E-state index is 0.0444. The van der Waals surface area contributed by atoms with E-state index in [2.05, 4.69) is 15.2 Å². The molecule has 196 valence electrons. The standard InChI is InChI=1S/C29H27ClF2N4O2/c1-18(21-4-2-3-5-25(21)31)34-29-23-14-22(26(32)15-27(23)33-16-24(29)30)19-6-8-20(9-7-19)36-12-10-35(11-13-36)17-28(37)38/h2-9,14-16,18H,10-13,17H2,1H3,(H,33,34)(H,37,38). The Kier molecular flexibility index (Phi) is 7.44. The molecule has 3 aromatic carbocycles. The topological polar surface area (TPSA) is 68.7 Å². The van der Waals surface area contributed by atoms with Crippen LogP contribution in [0.5, 0.6) is 0 Å². The van der Waals surface area contributed by atoms with E-state index in [9.17, 15) is 9.18 Å². The lowest BCUT2D eigenvalue weighted by molar-refractivity contribution is -0.138. The second kappa shape index (κ2) is 10.9. The number of nitrogens with one attached hydrogen (secondary N) is 1. The molecule has 0 aliphatic carbocycles. The first-order chi connectivity index (χ1) is 18.3. The SMILES string of the molecule is CC(Nc1c(Cl)cnc2cc(F)c(-c3ccc(N4CCN(CC(=O)O)CC4)cc3)cc12)c1ccccc1F. The fourth-order valence-corrected chi connectivity index (χ4v) is 5.09. The molecule has 1 aromatic heterocycles. The van der Waals surface area contributed by atoms with Crippen molar-refractivity contribution in [1.82, 2.24) is 9.88 Å². The molecule has 4 aromatic rings. The van der Waals surface area contributed by atoms with E-state index in [0.717, 1.165) is 18.8 Å². The Hall–Kier alpha value is -3.75. The molecule has 1 unspecified atom stereocenters. The Labute approximate surface area is 224 Å². The molecule has 0 spiro atoms. The fraction of sp³-hybridized carbons (Fsp3) is 0.241. The largest absolute Gasteiger partial charge is 0.480 e. The zero-order chi connectivity index (χ0) is 26.8. The molecule has 1 aliphatic rings. The molecule has 1 aliphatic heterocycles. The third kappa shape index (κ3) is 5.42. The van der Waals surface area contributed by atoms with Crippen molar-refractivity contribution >= 4 is 39.8 Å². The van der Waals surface area contributed by atoms with Gasteiger partial charge in [0.25, 0.3) is 0 Å². The van der Waals surface area contributed by atoms with Gasteiger partial charge >= 0.3 is 5.97 Å². The van der Waals surface area contributed by atoms with E-state index in [4.69, 9.17) is 16.7 Å². The van der Waals surface area contributed by atoms with Gasteiger partial charge in [-0.25, -0.2) is 8.78 Å². The van der Waals surface area contributed by atoms with Gasteiger partial charge < -0.3 is 15.3 Å². The van der Waals surface area contributed by atoms with Gasteiger partial charge in [-0.05, 0) is 36.8 Å². The van der Waals surface area contributed by atoms with E-state index in [1.165, 1.54) is 18.3 Å². The fourth-order valence-electron chi connectivity index (χ4n) is 4.88. The van der Waals surface area contributed by atoms with E-state index < -0.39 is 11.8 Å². The lowest BCUT2D eigenvalue weighted by Crippen LogP contribution is -2.47. The molecule has 38 heavy (non-hydrogen) atoms. The first kappa shape index (κ1) is 25.9. The number of piperazine rings is 1. The van der Waals surface area contributed by atoms with Crippen molar-refractivity contribution in [3.8, 4) is 11.1 Å². The van der Waals surface area contributed by atoms with Crippen LogP contribution in [0.15, 0.2) is 66.9 Å². The number of benzene rings is 3. The number of hydrogen-bond acceptors (Lipinski definition) is 5. The average molecular weight is 537 g/mol. The summed E-state index contributed by atoms with van der Waals surface area (Å²) in [5, 5.41) is 13.3. The van der Waals surface area contributed by atoms with E-state index in [0.29, 0.717) is 51.4 Å². The zero-order valence-electron chi connectivity index (χ0n) is 20.8. The Morgan fingerprint density at radius 2 is 1.76 bits per heavy atom. The molecule has 2 heterocycles. The van der Waals surface area contributed by atoms with Gasteiger partial charge in [-0.3, -0.25) is 14.7 Å². The van der Waals surface area contributed by atoms with Crippen LogP contribution in [0.2, 0.25) is 5.02 Å². The maximum atomic E-state index is 15.2. The summed E-state index contributed by atoms with van der Waals surface area (Å²) in [6.07, 6.45) is 1.46. The van der Waals surface area contributed by atoms with Gasteiger partial charge in [-0.15, -0.1) is 0 Å². The molecule has 2 N–H and O–H groups in total. The van der Waals surface area contributed by atoms with Crippen molar-refractivity contribution in [1.29, 1.82) is 0 Å². The number of carboxylic acid groups (broad SMARTS) is 1. The lowest BCUT2D eigenvalue weighted by atomic mass is 10.0. The second-order valence-corrected chi connectivity index (χ2v) is 9.83. The maximum Gasteiger partial charge on any atom is 0.317 e. The minimum Gasteiger partial charge on any atom is -0.480 e. The number of nitrogens with zero attached hydrogens (tertiary/aromatic N) is 3. The lowest BCUT2D eigenvalue weighted by Gasteiger charge is -2.35. The van der Waals surface area contributed by atoms with Crippen molar-refractivity contribution in [3.05, 3.63) is 89.1 Å². The van der Waals surface area contributed by atoms with Crippen LogP contribution in [-0.2, 0) is 4.79 Å². The summed E-state index contributed by atoms with van der Waals surface area (Å²) in [4.78, 5) is 19.4. The number of fused-ring (bicyclic) bond motifs is 1. The van der Waals surface area contributed by atoms with Gasteiger partial charge in [0.05, 0.1) is 28.8 Å². The van der Waals surface area contributed by atoms with Crippen LogP contribution in [0, 0.1) is 11.6 Å². The highest BCUT2D eigenvalue weighted by molar-refractivity contribution is 6.34. The summed E-state index contributed by atoms with van der Waals surface area (Å²) >= 11 is 6.50. The van der Waals surface area contributed by atoms with Crippen LogP contribution in [-0.4, -0.2) is 53.7 Å². The van der Waals surface area contributed by atoms with Crippen LogP contribution in [0.1, 0.15) is 18.5 Å². The molecule has 0 amide bonds. The van der Waals surface area contributed by atoms with Gasteiger partial charge in [0.15, 0.2) is 0 Å². The quantitative estimate of drug-likeness (QED) is 0.292. The summed E-state index contributed by atoms with van der Waals surface area (Å²) in [5.74, 6) is -1.55. The van der Waals surface area contributed by atoms with Crippen molar-refractivity contribution in [2.75, 3.05) is 42.9 Å². The first-order valence-corrected chi connectivity index (χ1v) is 12.8. The molecule has 1 atom stereocenters. The number of aromatic nitrogens is 1. The molecule has 1 saturated heterocycles. The highest BCUT2D eigenvalue weighted by atomic mass is 35.5. The summed E-state index contributed by atoms with van der Waals surface area (Å²) < 4.78 is 29.6. The number of halogens is 3. The van der Waals surface area contributed by atoms with E-state index in [1.54, 1.807) is 24.3 Å².